The number of halogens is 1. The molecule has 0 fully saturated rings. The number of anilines is 1. The van der Waals surface area contributed by atoms with Gasteiger partial charge in [0.2, 0.25) is 5.91 Å². The highest BCUT2D eigenvalue weighted by Gasteiger charge is 2.21. The highest BCUT2D eigenvalue weighted by Crippen LogP contribution is 2.20. The molecule has 9 heteroatoms. The molecule has 0 radical (unpaired) electrons. The summed E-state index contributed by atoms with van der Waals surface area (Å²) in [6.07, 6.45) is 3.83. The highest BCUT2D eigenvalue weighted by molar-refractivity contribution is 5.82. The molecule has 1 aromatic rings. The summed E-state index contributed by atoms with van der Waals surface area (Å²) in [7, 11) is 1.45. The third-order valence-corrected chi connectivity index (χ3v) is 5.32. The fourth-order valence-corrected chi connectivity index (χ4v) is 3.77. The second-order valence-corrected chi connectivity index (χ2v) is 8.03. The Morgan fingerprint density at radius 1 is 1.35 bits per heavy atom. The maximum atomic E-state index is 14.1. The molecule has 31 heavy (non-hydrogen) atoms. The van der Waals surface area contributed by atoms with E-state index in [0.29, 0.717) is 13.1 Å². The van der Waals surface area contributed by atoms with Crippen molar-refractivity contribution in [3.63, 3.8) is 0 Å². The van der Waals surface area contributed by atoms with E-state index in [0.717, 1.165) is 50.2 Å². The van der Waals surface area contributed by atoms with E-state index in [1.165, 1.54) is 19.6 Å². The summed E-state index contributed by atoms with van der Waals surface area (Å²) in [6, 6.07) is 3.24. The number of nitrogens with one attached hydrogen (secondary N) is 2. The van der Waals surface area contributed by atoms with Gasteiger partial charge in [-0.2, -0.15) is 0 Å². The molecule has 0 bridgehead atoms. The van der Waals surface area contributed by atoms with Crippen LogP contribution >= 0.6 is 0 Å². The topological polar surface area (TPSA) is 104 Å². The number of carbonyl (C=O) groups excluding carboxylic acids is 1. The fraction of sp³-hybridized carbons (Fsp3) is 0.682. The zero-order chi connectivity index (χ0) is 22.6. The van der Waals surface area contributed by atoms with Gasteiger partial charge in [0.25, 0.3) is 0 Å². The third-order valence-electron chi connectivity index (χ3n) is 5.32. The molecule has 174 valence electrons. The van der Waals surface area contributed by atoms with E-state index in [9.17, 15) is 19.1 Å². The third kappa shape index (κ3) is 9.18. The van der Waals surface area contributed by atoms with Gasteiger partial charge >= 0.3 is 5.97 Å². The maximum absolute atomic E-state index is 14.1. The van der Waals surface area contributed by atoms with Crippen molar-refractivity contribution < 1.29 is 23.8 Å². The van der Waals surface area contributed by atoms with Gasteiger partial charge in [-0.05, 0) is 56.7 Å². The van der Waals surface area contributed by atoms with Crippen molar-refractivity contribution in [1.29, 1.82) is 0 Å². The van der Waals surface area contributed by atoms with Crippen LogP contribution in [0.1, 0.15) is 43.9 Å². The van der Waals surface area contributed by atoms with E-state index in [1.54, 1.807) is 0 Å². The van der Waals surface area contributed by atoms with Gasteiger partial charge in [-0.15, -0.1) is 0 Å². The second-order valence-electron chi connectivity index (χ2n) is 8.03. The summed E-state index contributed by atoms with van der Waals surface area (Å²) < 4.78 is 19.0. The first kappa shape index (κ1) is 25.0. The number of methoxy groups -OCH3 is 1. The van der Waals surface area contributed by atoms with Gasteiger partial charge in [-0.3, -0.25) is 4.79 Å². The Hall–Kier alpha value is -2.26. The van der Waals surface area contributed by atoms with E-state index in [1.807, 2.05) is 4.90 Å². The predicted octanol–water partition coefficient (Wildman–Crippen LogP) is 2.03. The minimum absolute atomic E-state index is 0.00337. The number of unbranched alkanes of at least 4 members (excludes halogenated alkanes) is 1. The Morgan fingerprint density at radius 3 is 2.87 bits per heavy atom. The molecular weight excluding hydrogens is 403 g/mol. The van der Waals surface area contributed by atoms with Crippen LogP contribution in [0.25, 0.3) is 0 Å². The minimum atomic E-state index is -1.15. The van der Waals surface area contributed by atoms with Crippen LogP contribution in [-0.4, -0.2) is 79.0 Å². The van der Waals surface area contributed by atoms with Crippen molar-refractivity contribution in [2.75, 3.05) is 45.2 Å². The van der Waals surface area contributed by atoms with Gasteiger partial charge in [0, 0.05) is 39.4 Å². The molecular formula is C22H35FN4O4. The number of aromatic nitrogens is 1. The Bertz CT molecular complexity index is 719. The monoisotopic (exact) mass is 438 g/mol. The number of fused-ring (bicyclic) bond motifs is 1. The van der Waals surface area contributed by atoms with E-state index in [4.69, 9.17) is 9.72 Å². The first-order valence-corrected chi connectivity index (χ1v) is 11.0. The molecule has 2 unspecified atom stereocenters. The van der Waals surface area contributed by atoms with Crippen molar-refractivity contribution in [1.82, 2.24) is 15.2 Å². The van der Waals surface area contributed by atoms with Gasteiger partial charge < -0.3 is 25.4 Å². The second kappa shape index (κ2) is 13.2. The normalized spacial score (nSPS) is 15.1. The zero-order valence-corrected chi connectivity index (χ0v) is 18.5. The molecule has 1 aromatic heterocycles. The minimum Gasteiger partial charge on any atom is -0.480 e. The van der Waals surface area contributed by atoms with Crippen LogP contribution in [0.15, 0.2) is 12.1 Å². The number of nitrogens with zero attached hydrogens (tertiary/aromatic N) is 2. The van der Waals surface area contributed by atoms with Crippen LogP contribution in [0.4, 0.5) is 10.2 Å². The number of carboxylic acids is 1. The van der Waals surface area contributed by atoms with Crippen LogP contribution in [0.5, 0.6) is 0 Å². The lowest BCUT2D eigenvalue weighted by atomic mass is 10.1. The molecule has 0 saturated carbocycles. The number of alkyl halides is 1. The number of aryl methyl sites for hydroxylation is 2. The molecule has 1 aliphatic heterocycles. The van der Waals surface area contributed by atoms with E-state index in [-0.39, 0.29) is 19.6 Å². The standard InChI is InChI=1S/C22H35FN4O4/c1-16(28)25-20(22(29)30)10-13-27(14-18(23)15-31-2)12-4-3-7-19-9-8-17-6-5-11-24-21(17)26-19/h8-9,18,20H,3-7,10-15H2,1-2H3,(H,24,26)(H,25,28)(H,29,30). The number of hydrogen-bond acceptors (Lipinski definition) is 6. The molecule has 2 heterocycles. The molecule has 1 aliphatic rings. The van der Waals surface area contributed by atoms with Crippen molar-refractivity contribution in [3.05, 3.63) is 23.4 Å². The smallest absolute Gasteiger partial charge is 0.326 e. The summed E-state index contributed by atoms with van der Waals surface area (Å²) in [5.74, 6) is -0.493. The Balaban J connectivity index is 1.83. The first-order valence-electron chi connectivity index (χ1n) is 11.0. The Labute approximate surface area is 183 Å². The maximum Gasteiger partial charge on any atom is 0.326 e. The van der Waals surface area contributed by atoms with Gasteiger partial charge in [0.15, 0.2) is 0 Å². The number of hydrogen-bond donors (Lipinski definition) is 3. The van der Waals surface area contributed by atoms with Gasteiger partial charge in [0.05, 0.1) is 6.61 Å². The van der Waals surface area contributed by atoms with E-state index in [2.05, 4.69) is 22.8 Å². The van der Waals surface area contributed by atoms with Crippen LogP contribution < -0.4 is 10.6 Å². The Morgan fingerprint density at radius 2 is 2.16 bits per heavy atom. The molecule has 0 spiro atoms. The van der Waals surface area contributed by atoms with Crippen LogP contribution in [0.3, 0.4) is 0 Å². The largest absolute Gasteiger partial charge is 0.480 e. The van der Waals surface area contributed by atoms with Crippen molar-refractivity contribution in [2.24, 2.45) is 0 Å². The number of carbonyl (C=O) groups is 2. The average Bonchev–Trinajstić information content (AvgIpc) is 2.73. The highest BCUT2D eigenvalue weighted by atomic mass is 19.1. The van der Waals surface area contributed by atoms with Gasteiger partial charge in [-0.25, -0.2) is 14.2 Å². The van der Waals surface area contributed by atoms with Gasteiger partial charge in [-0.1, -0.05) is 6.07 Å². The molecule has 3 N–H and O–H groups in total. The number of ether oxygens (including phenoxy) is 1. The molecule has 1 amide bonds. The van der Waals surface area contributed by atoms with E-state index >= 15 is 0 Å². The summed E-state index contributed by atoms with van der Waals surface area (Å²) in [5.41, 5.74) is 2.31. The fourth-order valence-electron chi connectivity index (χ4n) is 3.77. The van der Waals surface area contributed by atoms with Crippen molar-refractivity contribution >= 4 is 17.7 Å². The van der Waals surface area contributed by atoms with Gasteiger partial charge in [0.1, 0.15) is 18.0 Å². The molecule has 0 aromatic carbocycles. The zero-order valence-electron chi connectivity index (χ0n) is 18.5. The summed E-state index contributed by atoms with van der Waals surface area (Å²) >= 11 is 0. The number of pyridine rings is 1. The van der Waals surface area contributed by atoms with Crippen LogP contribution in [0, 0.1) is 0 Å². The van der Waals surface area contributed by atoms with Crippen LogP contribution in [-0.2, 0) is 27.2 Å². The number of amides is 1. The molecule has 0 saturated heterocycles. The quantitative estimate of drug-likeness (QED) is 0.382. The lowest BCUT2D eigenvalue weighted by molar-refractivity contribution is -0.141. The van der Waals surface area contributed by atoms with Crippen LogP contribution in [0.2, 0.25) is 0 Å². The van der Waals surface area contributed by atoms with Crippen molar-refractivity contribution in [2.45, 2.75) is 57.7 Å². The molecule has 2 rings (SSSR count). The predicted molar refractivity (Wildman–Crippen MR) is 117 cm³/mol. The number of aliphatic carboxylic acids is 1. The van der Waals surface area contributed by atoms with E-state index < -0.39 is 24.1 Å². The first-order chi connectivity index (χ1) is 14.9. The number of rotatable bonds is 14. The molecule has 2 atom stereocenters. The lowest BCUT2D eigenvalue weighted by Gasteiger charge is -2.25. The summed E-state index contributed by atoms with van der Waals surface area (Å²) in [5, 5.41) is 15.1. The van der Waals surface area contributed by atoms with Crippen molar-refractivity contribution in [3.8, 4) is 0 Å². The SMILES string of the molecule is COCC(F)CN(CCCCc1ccc2c(n1)NCCC2)CCC(NC(C)=O)C(=O)O. The average molecular weight is 439 g/mol. The summed E-state index contributed by atoms with van der Waals surface area (Å²) in [4.78, 5) is 29.2. The number of carboxylic acid groups (broad SMARTS) is 1. The molecule has 8 nitrogen and oxygen atoms in total. The lowest BCUT2D eigenvalue weighted by Crippen LogP contribution is -2.43. The Kier molecular flexibility index (Phi) is 10.7. The summed E-state index contributed by atoms with van der Waals surface area (Å²) in [6.45, 7) is 3.42. The molecule has 0 aliphatic carbocycles.